The monoisotopic (exact) mass is 463 g/mol. The van der Waals surface area contributed by atoms with Gasteiger partial charge < -0.3 is 15.0 Å². The largest absolute Gasteiger partial charge is 0.381 e. The molecule has 0 saturated carbocycles. The molecule has 136 valence electrons. The summed E-state index contributed by atoms with van der Waals surface area (Å²) in [5, 5.41) is 3.56. The van der Waals surface area contributed by atoms with Crippen LogP contribution in [0.1, 0.15) is 24.0 Å². The standard InChI is InChI=1S/C18H29N3OS.HI/c1-15-5-7-16(8-6-15)13-21(3)17(19-2)20-14-18(23-4)9-11-22-12-10-18;/h5-8H,9-14H2,1-4H3,(H,19,20);1H. The second-order valence-electron chi connectivity index (χ2n) is 6.24. The van der Waals surface area contributed by atoms with E-state index in [-0.39, 0.29) is 28.7 Å². The highest BCUT2D eigenvalue weighted by molar-refractivity contribution is 14.0. The topological polar surface area (TPSA) is 36.9 Å². The van der Waals surface area contributed by atoms with Crippen LogP contribution >= 0.6 is 35.7 Å². The summed E-state index contributed by atoms with van der Waals surface area (Å²) in [6, 6.07) is 8.68. The minimum Gasteiger partial charge on any atom is -0.381 e. The molecule has 0 atom stereocenters. The molecule has 2 rings (SSSR count). The van der Waals surface area contributed by atoms with Crippen molar-refractivity contribution in [2.75, 3.05) is 40.1 Å². The van der Waals surface area contributed by atoms with Gasteiger partial charge in [0.05, 0.1) is 0 Å². The fourth-order valence-corrected chi connectivity index (χ4v) is 3.65. The zero-order valence-electron chi connectivity index (χ0n) is 15.2. The molecule has 0 aromatic heterocycles. The Balaban J connectivity index is 0.00000288. The van der Waals surface area contributed by atoms with Crippen LogP contribution in [0.4, 0.5) is 0 Å². The van der Waals surface area contributed by atoms with Gasteiger partial charge in [-0.3, -0.25) is 4.99 Å². The normalized spacial score (nSPS) is 17.1. The molecule has 0 bridgehead atoms. The Kier molecular flexibility index (Phi) is 9.44. The van der Waals surface area contributed by atoms with Crippen molar-refractivity contribution in [1.82, 2.24) is 10.2 Å². The molecule has 1 aliphatic heterocycles. The van der Waals surface area contributed by atoms with Crippen LogP contribution in [-0.2, 0) is 11.3 Å². The van der Waals surface area contributed by atoms with Gasteiger partial charge in [-0.2, -0.15) is 11.8 Å². The number of hydrogen-bond donors (Lipinski definition) is 1. The summed E-state index contributed by atoms with van der Waals surface area (Å²) >= 11 is 1.95. The van der Waals surface area contributed by atoms with Crippen molar-refractivity contribution in [1.29, 1.82) is 0 Å². The van der Waals surface area contributed by atoms with Crippen LogP contribution in [0.15, 0.2) is 29.3 Å². The molecule has 0 radical (unpaired) electrons. The van der Waals surface area contributed by atoms with E-state index in [4.69, 9.17) is 4.74 Å². The number of aliphatic imine (C=N–C) groups is 1. The van der Waals surface area contributed by atoms with Gasteiger partial charge in [0.25, 0.3) is 0 Å². The lowest BCUT2D eigenvalue weighted by Gasteiger charge is -2.37. The summed E-state index contributed by atoms with van der Waals surface area (Å²) in [5.41, 5.74) is 2.59. The third-order valence-electron chi connectivity index (χ3n) is 4.52. The highest BCUT2D eigenvalue weighted by atomic mass is 127. The number of thioether (sulfide) groups is 1. The first kappa shape index (κ1) is 21.6. The summed E-state index contributed by atoms with van der Waals surface area (Å²) in [5.74, 6) is 0.950. The molecule has 0 unspecified atom stereocenters. The molecule has 1 N–H and O–H groups in total. The Morgan fingerprint density at radius 1 is 1.29 bits per heavy atom. The molecule has 0 aliphatic carbocycles. The van der Waals surface area contributed by atoms with Crippen molar-refractivity contribution in [3.8, 4) is 0 Å². The molecule has 1 saturated heterocycles. The van der Waals surface area contributed by atoms with E-state index in [0.29, 0.717) is 0 Å². The zero-order valence-corrected chi connectivity index (χ0v) is 18.3. The van der Waals surface area contributed by atoms with Gasteiger partial charge in [0.15, 0.2) is 5.96 Å². The van der Waals surface area contributed by atoms with Gasteiger partial charge in [0.1, 0.15) is 0 Å². The second-order valence-corrected chi connectivity index (χ2v) is 7.52. The highest BCUT2D eigenvalue weighted by Crippen LogP contribution is 2.33. The lowest BCUT2D eigenvalue weighted by Crippen LogP contribution is -2.48. The van der Waals surface area contributed by atoms with Crippen LogP contribution in [0, 0.1) is 6.92 Å². The maximum absolute atomic E-state index is 5.51. The number of nitrogens with one attached hydrogen (secondary N) is 1. The Morgan fingerprint density at radius 2 is 1.92 bits per heavy atom. The van der Waals surface area contributed by atoms with E-state index < -0.39 is 0 Å². The van der Waals surface area contributed by atoms with Crippen molar-refractivity contribution in [2.24, 2.45) is 4.99 Å². The average molecular weight is 463 g/mol. The van der Waals surface area contributed by atoms with E-state index in [9.17, 15) is 0 Å². The molecule has 4 nitrogen and oxygen atoms in total. The molecule has 1 aromatic rings. The van der Waals surface area contributed by atoms with Crippen molar-refractivity contribution in [3.05, 3.63) is 35.4 Å². The number of nitrogens with zero attached hydrogens (tertiary/aromatic N) is 2. The highest BCUT2D eigenvalue weighted by Gasteiger charge is 2.32. The van der Waals surface area contributed by atoms with Crippen molar-refractivity contribution in [3.63, 3.8) is 0 Å². The van der Waals surface area contributed by atoms with E-state index in [1.165, 1.54) is 11.1 Å². The molecular weight excluding hydrogens is 433 g/mol. The Bertz CT molecular complexity index is 516. The van der Waals surface area contributed by atoms with Crippen molar-refractivity contribution in [2.45, 2.75) is 31.1 Å². The number of hydrogen-bond acceptors (Lipinski definition) is 3. The molecule has 1 aliphatic rings. The lowest BCUT2D eigenvalue weighted by atomic mass is 9.99. The Hall–Kier alpha value is -0.470. The van der Waals surface area contributed by atoms with Crippen LogP contribution in [-0.4, -0.2) is 55.7 Å². The first-order valence-electron chi connectivity index (χ1n) is 8.19. The number of aryl methyl sites for hydroxylation is 1. The van der Waals surface area contributed by atoms with Gasteiger partial charge >= 0.3 is 0 Å². The first-order valence-corrected chi connectivity index (χ1v) is 9.41. The lowest BCUT2D eigenvalue weighted by molar-refractivity contribution is 0.0781. The molecule has 0 spiro atoms. The summed E-state index contributed by atoms with van der Waals surface area (Å²) in [6.45, 7) is 5.63. The number of guanidine groups is 1. The molecule has 1 heterocycles. The first-order chi connectivity index (χ1) is 11.1. The average Bonchev–Trinajstić information content (AvgIpc) is 2.58. The summed E-state index contributed by atoms with van der Waals surface area (Å²) in [4.78, 5) is 6.62. The van der Waals surface area contributed by atoms with Gasteiger partial charge in [-0.25, -0.2) is 0 Å². The maximum Gasteiger partial charge on any atom is 0.193 e. The van der Waals surface area contributed by atoms with Gasteiger partial charge in [-0.1, -0.05) is 29.8 Å². The van der Waals surface area contributed by atoms with E-state index >= 15 is 0 Å². The third-order valence-corrected chi connectivity index (χ3v) is 5.94. The minimum atomic E-state index is 0. The summed E-state index contributed by atoms with van der Waals surface area (Å²) in [6.07, 6.45) is 4.39. The van der Waals surface area contributed by atoms with Crippen molar-refractivity contribution < 1.29 is 4.74 Å². The Labute approximate surface area is 167 Å². The number of benzene rings is 1. The fourth-order valence-electron chi connectivity index (χ4n) is 2.86. The van der Waals surface area contributed by atoms with E-state index in [2.05, 4.69) is 59.7 Å². The Morgan fingerprint density at radius 3 is 2.46 bits per heavy atom. The summed E-state index contributed by atoms with van der Waals surface area (Å²) < 4.78 is 5.78. The number of rotatable bonds is 5. The van der Waals surface area contributed by atoms with E-state index in [1.54, 1.807) is 0 Å². The van der Waals surface area contributed by atoms with Crippen molar-refractivity contribution >= 4 is 41.7 Å². The zero-order chi connectivity index (χ0) is 16.7. The molecule has 1 fully saturated rings. The number of halogens is 1. The summed E-state index contributed by atoms with van der Waals surface area (Å²) in [7, 11) is 3.94. The molecule has 6 heteroatoms. The van der Waals surface area contributed by atoms with Crippen LogP contribution in [0.3, 0.4) is 0 Å². The van der Waals surface area contributed by atoms with Gasteiger partial charge in [0.2, 0.25) is 0 Å². The quantitative estimate of drug-likeness (QED) is 0.412. The van der Waals surface area contributed by atoms with E-state index in [0.717, 1.165) is 45.1 Å². The smallest absolute Gasteiger partial charge is 0.193 e. The fraction of sp³-hybridized carbons (Fsp3) is 0.611. The van der Waals surface area contributed by atoms with E-state index in [1.807, 2.05) is 18.8 Å². The van der Waals surface area contributed by atoms with Gasteiger partial charge in [-0.05, 0) is 31.6 Å². The maximum atomic E-state index is 5.51. The molecule has 1 aromatic carbocycles. The van der Waals surface area contributed by atoms with Crippen LogP contribution < -0.4 is 5.32 Å². The van der Waals surface area contributed by atoms with Gasteiger partial charge in [0, 0.05) is 45.1 Å². The molecule has 24 heavy (non-hydrogen) atoms. The van der Waals surface area contributed by atoms with Crippen LogP contribution in [0.2, 0.25) is 0 Å². The SMILES string of the molecule is CN=C(NCC1(SC)CCOCC1)N(C)Cc1ccc(C)cc1.I. The van der Waals surface area contributed by atoms with Crippen LogP contribution in [0.25, 0.3) is 0 Å². The predicted octanol–water partition coefficient (Wildman–Crippen LogP) is 3.53. The van der Waals surface area contributed by atoms with Gasteiger partial charge in [-0.15, -0.1) is 24.0 Å². The predicted molar refractivity (Wildman–Crippen MR) is 116 cm³/mol. The molecular formula is C18H30IN3OS. The minimum absolute atomic E-state index is 0. The second kappa shape index (κ2) is 10.5. The molecule has 0 amide bonds. The number of ether oxygens (including phenoxy) is 1. The third kappa shape index (κ3) is 6.11. The van der Waals surface area contributed by atoms with Crippen LogP contribution in [0.5, 0.6) is 0 Å².